The predicted molar refractivity (Wildman–Crippen MR) is 68.5 cm³/mol. The van der Waals surface area contributed by atoms with Crippen molar-refractivity contribution in [1.82, 2.24) is 15.5 Å². The van der Waals surface area contributed by atoms with Crippen LogP contribution >= 0.6 is 0 Å². The molecule has 1 rings (SSSR count). The third-order valence-electron chi connectivity index (χ3n) is 2.92. The molecule has 0 aliphatic carbocycles. The molecule has 0 bridgehead atoms. The van der Waals surface area contributed by atoms with E-state index in [-0.39, 0.29) is 31.6 Å². The summed E-state index contributed by atoms with van der Waals surface area (Å²) < 4.78 is 0. The van der Waals surface area contributed by atoms with Crippen LogP contribution in [-0.4, -0.2) is 55.5 Å². The fraction of sp³-hybridized carbons (Fsp3) is 0.667. The molecule has 0 unspecified atom stereocenters. The van der Waals surface area contributed by atoms with Gasteiger partial charge in [0.1, 0.15) is 0 Å². The molecular formula is C12H20N4O2. The van der Waals surface area contributed by atoms with Crippen LogP contribution in [0.1, 0.15) is 12.8 Å². The lowest BCUT2D eigenvalue weighted by Gasteiger charge is -2.33. The number of terminal acetylenes is 1. The molecule has 1 aliphatic rings. The molecule has 0 radical (unpaired) electrons. The smallest absolute Gasteiger partial charge is 0.234 e. The summed E-state index contributed by atoms with van der Waals surface area (Å²) in [7, 11) is 0. The predicted octanol–water partition coefficient (Wildman–Crippen LogP) is -1.72. The Bertz CT molecular complexity index is 331. The van der Waals surface area contributed by atoms with Crippen LogP contribution in [0, 0.1) is 12.3 Å². The van der Waals surface area contributed by atoms with Gasteiger partial charge in [0.05, 0.1) is 19.6 Å². The third-order valence-corrected chi connectivity index (χ3v) is 2.92. The fourth-order valence-electron chi connectivity index (χ4n) is 2.08. The number of hydrogen-bond donors (Lipinski definition) is 3. The molecular weight excluding hydrogens is 232 g/mol. The molecule has 0 spiro atoms. The Kier molecular flexibility index (Phi) is 6.19. The van der Waals surface area contributed by atoms with Crippen LogP contribution in [0.25, 0.3) is 0 Å². The number of piperidine rings is 1. The van der Waals surface area contributed by atoms with Gasteiger partial charge >= 0.3 is 0 Å². The number of nitrogens with two attached hydrogens (primary N) is 1. The average Bonchev–Trinajstić information content (AvgIpc) is 2.36. The summed E-state index contributed by atoms with van der Waals surface area (Å²) in [5.41, 5.74) is 5.22. The number of carbonyl (C=O) groups excluding carboxylic acids is 2. The lowest BCUT2D eigenvalue weighted by atomic mass is 10.0. The first kappa shape index (κ1) is 14.5. The van der Waals surface area contributed by atoms with Crippen molar-refractivity contribution in [2.45, 2.75) is 18.9 Å². The molecule has 4 N–H and O–H groups in total. The Hall–Kier alpha value is -1.58. The van der Waals surface area contributed by atoms with Crippen LogP contribution in [0.3, 0.4) is 0 Å². The molecule has 6 nitrogen and oxygen atoms in total. The van der Waals surface area contributed by atoms with E-state index in [9.17, 15) is 9.59 Å². The Morgan fingerprint density at radius 3 is 2.61 bits per heavy atom. The zero-order valence-corrected chi connectivity index (χ0v) is 10.4. The quantitative estimate of drug-likeness (QED) is 0.491. The highest BCUT2D eigenvalue weighted by molar-refractivity contribution is 5.80. The molecule has 0 atom stereocenters. The van der Waals surface area contributed by atoms with Crippen molar-refractivity contribution in [3.05, 3.63) is 0 Å². The van der Waals surface area contributed by atoms with Gasteiger partial charge in [-0.25, -0.2) is 0 Å². The van der Waals surface area contributed by atoms with Gasteiger partial charge in [0, 0.05) is 6.04 Å². The van der Waals surface area contributed by atoms with E-state index in [4.69, 9.17) is 12.2 Å². The SMILES string of the molecule is C#CCNC(=O)CN(CC(N)=O)C1CCNCC1. The third kappa shape index (κ3) is 5.17. The first-order chi connectivity index (χ1) is 8.63. The maximum Gasteiger partial charge on any atom is 0.234 e. The minimum atomic E-state index is -0.418. The second-order valence-electron chi connectivity index (χ2n) is 4.33. The topological polar surface area (TPSA) is 87.5 Å². The maximum absolute atomic E-state index is 11.6. The molecule has 0 aromatic carbocycles. The minimum Gasteiger partial charge on any atom is -0.369 e. The number of carbonyl (C=O) groups is 2. The summed E-state index contributed by atoms with van der Waals surface area (Å²) in [6.07, 6.45) is 6.90. The van der Waals surface area contributed by atoms with Crippen molar-refractivity contribution in [2.24, 2.45) is 5.73 Å². The number of amides is 2. The molecule has 1 aliphatic heterocycles. The van der Waals surface area contributed by atoms with Gasteiger partial charge in [0.25, 0.3) is 0 Å². The molecule has 0 aromatic rings. The molecule has 6 heteroatoms. The van der Waals surface area contributed by atoms with E-state index in [2.05, 4.69) is 16.6 Å². The maximum atomic E-state index is 11.6. The Morgan fingerprint density at radius 1 is 1.39 bits per heavy atom. The van der Waals surface area contributed by atoms with E-state index in [0.717, 1.165) is 25.9 Å². The first-order valence-electron chi connectivity index (χ1n) is 6.06. The minimum absolute atomic E-state index is 0.105. The van der Waals surface area contributed by atoms with E-state index in [1.54, 1.807) is 0 Å². The number of nitrogens with one attached hydrogen (secondary N) is 2. The highest BCUT2D eigenvalue weighted by Crippen LogP contribution is 2.10. The van der Waals surface area contributed by atoms with Crippen molar-refractivity contribution >= 4 is 11.8 Å². The zero-order chi connectivity index (χ0) is 13.4. The monoisotopic (exact) mass is 252 g/mol. The lowest BCUT2D eigenvalue weighted by molar-refractivity contribution is -0.124. The van der Waals surface area contributed by atoms with Crippen LogP contribution in [-0.2, 0) is 9.59 Å². The fourth-order valence-corrected chi connectivity index (χ4v) is 2.08. The van der Waals surface area contributed by atoms with Gasteiger partial charge in [-0.15, -0.1) is 6.42 Å². The molecule has 2 amide bonds. The normalized spacial score (nSPS) is 16.2. The lowest BCUT2D eigenvalue weighted by Crippen LogP contribution is -2.50. The zero-order valence-electron chi connectivity index (χ0n) is 10.4. The number of nitrogens with zero attached hydrogens (tertiary/aromatic N) is 1. The molecule has 18 heavy (non-hydrogen) atoms. The molecule has 0 saturated carbocycles. The van der Waals surface area contributed by atoms with Crippen LogP contribution in [0.5, 0.6) is 0 Å². The van der Waals surface area contributed by atoms with E-state index < -0.39 is 5.91 Å². The summed E-state index contributed by atoms with van der Waals surface area (Å²) in [6, 6.07) is 0.218. The van der Waals surface area contributed by atoms with Gasteiger partial charge in [-0.05, 0) is 25.9 Å². The molecule has 1 heterocycles. The van der Waals surface area contributed by atoms with E-state index >= 15 is 0 Å². The van der Waals surface area contributed by atoms with E-state index in [1.807, 2.05) is 4.90 Å². The first-order valence-corrected chi connectivity index (χ1v) is 6.06. The van der Waals surface area contributed by atoms with Crippen LogP contribution < -0.4 is 16.4 Å². The Balaban J connectivity index is 2.51. The highest BCUT2D eigenvalue weighted by atomic mass is 16.2. The summed E-state index contributed by atoms with van der Waals surface area (Å²) >= 11 is 0. The summed E-state index contributed by atoms with van der Waals surface area (Å²) in [4.78, 5) is 24.5. The van der Waals surface area contributed by atoms with Gasteiger partial charge in [-0.2, -0.15) is 0 Å². The van der Waals surface area contributed by atoms with Crippen molar-refractivity contribution in [3.63, 3.8) is 0 Å². The highest BCUT2D eigenvalue weighted by Gasteiger charge is 2.23. The van der Waals surface area contributed by atoms with Gasteiger partial charge in [0.2, 0.25) is 11.8 Å². The van der Waals surface area contributed by atoms with Crippen molar-refractivity contribution < 1.29 is 9.59 Å². The van der Waals surface area contributed by atoms with Gasteiger partial charge in [-0.1, -0.05) is 5.92 Å². The van der Waals surface area contributed by atoms with Crippen LogP contribution in [0.2, 0.25) is 0 Å². The second-order valence-corrected chi connectivity index (χ2v) is 4.33. The average molecular weight is 252 g/mol. The van der Waals surface area contributed by atoms with Crippen LogP contribution in [0.15, 0.2) is 0 Å². The van der Waals surface area contributed by atoms with Crippen molar-refractivity contribution in [2.75, 3.05) is 32.7 Å². The van der Waals surface area contributed by atoms with E-state index in [0.29, 0.717) is 0 Å². The molecule has 1 fully saturated rings. The van der Waals surface area contributed by atoms with E-state index in [1.165, 1.54) is 0 Å². The number of hydrogen-bond acceptors (Lipinski definition) is 4. The summed E-state index contributed by atoms with van der Waals surface area (Å²) in [6.45, 7) is 2.26. The molecule has 0 aromatic heterocycles. The second kappa shape index (κ2) is 7.69. The van der Waals surface area contributed by atoms with Crippen molar-refractivity contribution in [3.8, 4) is 12.3 Å². The molecule has 1 saturated heterocycles. The van der Waals surface area contributed by atoms with Crippen LogP contribution in [0.4, 0.5) is 0 Å². The van der Waals surface area contributed by atoms with Gasteiger partial charge < -0.3 is 16.4 Å². The summed E-state index contributed by atoms with van der Waals surface area (Å²) in [5.74, 6) is 1.75. The van der Waals surface area contributed by atoms with Crippen molar-refractivity contribution in [1.29, 1.82) is 0 Å². The number of rotatable bonds is 6. The Morgan fingerprint density at radius 2 is 2.06 bits per heavy atom. The standard InChI is InChI=1S/C12H20N4O2/c1-2-5-15-12(18)9-16(8-11(13)17)10-3-6-14-7-4-10/h1,10,14H,3-9H2,(H2,13,17)(H,15,18). The summed E-state index contributed by atoms with van der Waals surface area (Å²) in [5, 5.41) is 5.83. The molecule has 100 valence electrons. The number of primary amides is 1. The largest absolute Gasteiger partial charge is 0.369 e. The van der Waals surface area contributed by atoms with Gasteiger partial charge in [-0.3, -0.25) is 14.5 Å². The Labute approximate surface area is 107 Å². The van der Waals surface area contributed by atoms with Gasteiger partial charge in [0.15, 0.2) is 0 Å².